The van der Waals surface area contributed by atoms with Crippen LogP contribution in [-0.4, -0.2) is 41.8 Å². The van der Waals surface area contributed by atoms with Crippen LogP contribution in [0.5, 0.6) is 17.2 Å². The third kappa shape index (κ3) is 8.05. The monoisotopic (exact) mass is 607 g/mol. The highest BCUT2D eigenvalue weighted by molar-refractivity contribution is 6.31. The van der Waals surface area contributed by atoms with Crippen LogP contribution in [0.25, 0.3) is 10.9 Å². The predicted molar refractivity (Wildman–Crippen MR) is 174 cm³/mol. The van der Waals surface area contributed by atoms with Crippen LogP contribution in [0.2, 0.25) is 5.02 Å². The van der Waals surface area contributed by atoms with Crippen molar-refractivity contribution in [2.45, 2.75) is 102 Å². The molecule has 43 heavy (non-hydrogen) atoms. The van der Waals surface area contributed by atoms with Crippen molar-refractivity contribution in [1.29, 1.82) is 0 Å². The number of unbranched alkanes of at least 4 members (excludes halogenated alkanes) is 6. The largest absolute Gasteiger partial charge is 0.504 e. The number of phenols is 1. The zero-order valence-corrected chi connectivity index (χ0v) is 26.5. The summed E-state index contributed by atoms with van der Waals surface area (Å²) in [6, 6.07) is 9.46. The number of halogens is 1. The number of carbonyl (C=O) groups excluding carboxylic acids is 1. The predicted octanol–water partition coefficient (Wildman–Crippen LogP) is 7.91. The number of fused-ring (bicyclic) bond motifs is 3. The summed E-state index contributed by atoms with van der Waals surface area (Å²) in [5.74, 6) is 1.20. The van der Waals surface area contributed by atoms with Crippen molar-refractivity contribution in [3.63, 3.8) is 0 Å². The molecule has 1 unspecified atom stereocenters. The molecule has 1 aliphatic heterocycles. The maximum absolute atomic E-state index is 12.6. The van der Waals surface area contributed by atoms with Gasteiger partial charge in [-0.2, -0.15) is 0 Å². The first-order chi connectivity index (χ1) is 20.8. The molecule has 8 heteroatoms. The van der Waals surface area contributed by atoms with Crippen LogP contribution >= 0.6 is 11.6 Å². The second kappa shape index (κ2) is 14.5. The summed E-state index contributed by atoms with van der Waals surface area (Å²) in [7, 11) is 1.52. The number of amides is 1. The molecular formula is C35H46ClN3O4. The van der Waals surface area contributed by atoms with E-state index in [2.05, 4.69) is 16.7 Å². The van der Waals surface area contributed by atoms with E-state index in [1.807, 2.05) is 19.1 Å². The molecule has 7 nitrogen and oxygen atoms in total. The maximum Gasteiger partial charge on any atom is 0.224 e. The molecule has 0 saturated heterocycles. The molecule has 2 heterocycles. The van der Waals surface area contributed by atoms with Gasteiger partial charge in [-0.1, -0.05) is 43.7 Å². The number of methoxy groups -OCH3 is 1. The van der Waals surface area contributed by atoms with E-state index in [-0.39, 0.29) is 11.7 Å². The van der Waals surface area contributed by atoms with Gasteiger partial charge in [0.1, 0.15) is 11.4 Å². The lowest BCUT2D eigenvalue weighted by Crippen LogP contribution is -2.41. The van der Waals surface area contributed by atoms with Crippen molar-refractivity contribution in [3.05, 3.63) is 52.2 Å². The maximum atomic E-state index is 12.6. The molecule has 0 bridgehead atoms. The summed E-state index contributed by atoms with van der Waals surface area (Å²) in [5.41, 5.74) is 5.29. The van der Waals surface area contributed by atoms with Gasteiger partial charge in [0.2, 0.25) is 5.91 Å². The first-order valence-electron chi connectivity index (χ1n) is 16.1. The molecule has 232 valence electrons. The molecule has 0 spiro atoms. The summed E-state index contributed by atoms with van der Waals surface area (Å²) in [6.07, 6.45) is 14.6. The third-order valence-electron chi connectivity index (χ3n) is 8.88. The van der Waals surface area contributed by atoms with Gasteiger partial charge < -0.3 is 25.2 Å². The van der Waals surface area contributed by atoms with Crippen molar-refractivity contribution in [3.8, 4) is 17.2 Å². The number of carbonyl (C=O) groups is 1. The molecule has 0 radical (unpaired) electrons. The minimum absolute atomic E-state index is 0.0236. The summed E-state index contributed by atoms with van der Waals surface area (Å²) in [6.45, 7) is 3.66. The second-order valence-electron chi connectivity index (χ2n) is 12.4. The van der Waals surface area contributed by atoms with Crippen molar-refractivity contribution < 1.29 is 19.4 Å². The van der Waals surface area contributed by atoms with Gasteiger partial charge in [0.25, 0.3) is 0 Å². The number of aromatic nitrogens is 1. The fourth-order valence-electron chi connectivity index (χ4n) is 6.46. The Labute approximate surface area is 260 Å². The van der Waals surface area contributed by atoms with Crippen molar-refractivity contribution in [2.24, 2.45) is 0 Å². The van der Waals surface area contributed by atoms with Crippen molar-refractivity contribution >= 4 is 34.1 Å². The highest BCUT2D eigenvalue weighted by atomic mass is 35.5. The van der Waals surface area contributed by atoms with Crippen LogP contribution in [0.3, 0.4) is 0 Å². The van der Waals surface area contributed by atoms with Gasteiger partial charge >= 0.3 is 0 Å². The SMILES string of the molecule is COc1cc2c(cc1O)CCC(C)(CC(=O)NCCCCCCCCCNc1c3c(nc4cc(Cl)ccc14)CCCC3)O2. The van der Waals surface area contributed by atoms with Crippen LogP contribution in [0.15, 0.2) is 30.3 Å². The van der Waals surface area contributed by atoms with Gasteiger partial charge in [0.15, 0.2) is 11.5 Å². The molecule has 2 aromatic carbocycles. The molecule has 1 amide bonds. The van der Waals surface area contributed by atoms with Crippen LogP contribution in [0.4, 0.5) is 5.69 Å². The van der Waals surface area contributed by atoms with E-state index in [1.54, 1.807) is 12.1 Å². The summed E-state index contributed by atoms with van der Waals surface area (Å²) in [4.78, 5) is 17.6. The minimum Gasteiger partial charge on any atom is -0.504 e. The highest BCUT2D eigenvalue weighted by Crippen LogP contribution is 2.41. The number of hydrogen-bond acceptors (Lipinski definition) is 6. The minimum atomic E-state index is -0.564. The Morgan fingerprint density at radius 1 is 1.02 bits per heavy atom. The number of rotatable bonds is 14. The molecule has 3 N–H and O–H groups in total. The quantitative estimate of drug-likeness (QED) is 0.161. The lowest BCUT2D eigenvalue weighted by molar-refractivity contribution is -0.125. The number of nitrogens with zero attached hydrogens (tertiary/aromatic N) is 1. The van der Waals surface area contributed by atoms with Crippen LogP contribution in [0.1, 0.15) is 94.4 Å². The number of anilines is 1. The van der Waals surface area contributed by atoms with E-state index in [1.165, 1.54) is 68.0 Å². The molecule has 1 aromatic heterocycles. The topological polar surface area (TPSA) is 92.7 Å². The number of benzene rings is 2. The van der Waals surface area contributed by atoms with Crippen molar-refractivity contribution in [1.82, 2.24) is 10.3 Å². The average molecular weight is 608 g/mol. The van der Waals surface area contributed by atoms with Crippen LogP contribution < -0.4 is 20.1 Å². The molecule has 1 atom stereocenters. The molecule has 0 fully saturated rings. The first-order valence-corrected chi connectivity index (χ1v) is 16.4. The number of pyridine rings is 1. The Bertz CT molecular complexity index is 1430. The fraction of sp³-hybridized carbons (Fsp3) is 0.543. The van der Waals surface area contributed by atoms with E-state index in [9.17, 15) is 9.90 Å². The van der Waals surface area contributed by atoms with Gasteiger partial charge in [-0.3, -0.25) is 9.78 Å². The number of nitrogens with one attached hydrogen (secondary N) is 2. The lowest BCUT2D eigenvalue weighted by atomic mass is 9.89. The summed E-state index contributed by atoms with van der Waals surface area (Å²) >= 11 is 6.26. The Kier molecular flexibility index (Phi) is 10.6. The molecule has 3 aromatic rings. The third-order valence-corrected chi connectivity index (χ3v) is 9.11. The van der Waals surface area contributed by atoms with Gasteiger partial charge in [-0.05, 0) is 93.7 Å². The molecular weight excluding hydrogens is 562 g/mol. The van der Waals surface area contributed by atoms with Gasteiger partial charge in [-0.15, -0.1) is 0 Å². The first kappa shape index (κ1) is 31.2. The Morgan fingerprint density at radius 3 is 2.56 bits per heavy atom. The standard InChI is InChI=1S/C35H46ClN3O4/c1-35(17-16-24-20-30(40)32(42-2)22-31(24)43-35)23-33(41)37-18-10-6-4-3-5-7-11-19-38-34-26-12-8-9-13-28(26)39-29-21-25(36)14-15-27(29)34/h14-15,20-22,40H,3-13,16-19,23H2,1-2H3,(H,37,41)(H,38,39). The smallest absolute Gasteiger partial charge is 0.224 e. The van der Waals surface area contributed by atoms with E-state index >= 15 is 0 Å². The summed E-state index contributed by atoms with van der Waals surface area (Å²) in [5, 5.41) is 18.8. The zero-order valence-electron chi connectivity index (χ0n) is 25.7. The number of aryl methyl sites for hydroxylation is 2. The van der Waals surface area contributed by atoms with E-state index < -0.39 is 5.60 Å². The van der Waals surface area contributed by atoms with Crippen molar-refractivity contribution in [2.75, 3.05) is 25.5 Å². The lowest BCUT2D eigenvalue weighted by Gasteiger charge is -2.35. The van der Waals surface area contributed by atoms with Crippen LogP contribution in [-0.2, 0) is 24.1 Å². The number of hydrogen-bond donors (Lipinski definition) is 3. The molecule has 1 aliphatic carbocycles. The summed E-state index contributed by atoms with van der Waals surface area (Å²) < 4.78 is 11.4. The second-order valence-corrected chi connectivity index (χ2v) is 12.8. The molecule has 5 rings (SSSR count). The molecule has 2 aliphatic rings. The number of aromatic hydroxyl groups is 1. The fourth-order valence-corrected chi connectivity index (χ4v) is 6.63. The average Bonchev–Trinajstić information content (AvgIpc) is 2.99. The Morgan fingerprint density at radius 2 is 1.77 bits per heavy atom. The normalized spacial score (nSPS) is 17.6. The van der Waals surface area contributed by atoms with E-state index in [0.717, 1.165) is 67.6 Å². The van der Waals surface area contributed by atoms with Gasteiger partial charge in [0.05, 0.1) is 19.0 Å². The Hall–Kier alpha value is -3.19. The van der Waals surface area contributed by atoms with E-state index in [4.69, 9.17) is 26.1 Å². The van der Waals surface area contributed by atoms with Gasteiger partial charge in [-0.25, -0.2) is 0 Å². The highest BCUT2D eigenvalue weighted by Gasteiger charge is 2.34. The Balaban J connectivity index is 0.944. The van der Waals surface area contributed by atoms with E-state index in [0.29, 0.717) is 24.5 Å². The number of ether oxygens (including phenoxy) is 2. The molecule has 0 saturated carbocycles. The number of phenolic OH excluding ortho intramolecular Hbond substituents is 1. The van der Waals surface area contributed by atoms with Crippen LogP contribution in [0, 0.1) is 0 Å². The van der Waals surface area contributed by atoms with Gasteiger partial charge in [0, 0.05) is 40.9 Å². The zero-order chi connectivity index (χ0) is 30.2.